The molecule has 2 heterocycles. The lowest BCUT2D eigenvalue weighted by atomic mass is 9.93. The second kappa shape index (κ2) is 11.6. The van der Waals surface area contributed by atoms with Crippen LogP contribution in [0, 0.1) is 5.92 Å². The molecular formula is C24H37N3O5S. The first kappa shape index (κ1) is 24.4. The Morgan fingerprint density at radius 2 is 1.73 bits per heavy atom. The second-order valence-electron chi connectivity index (χ2n) is 9.32. The molecular weight excluding hydrogens is 442 g/mol. The third-order valence-electron chi connectivity index (χ3n) is 6.94. The summed E-state index contributed by atoms with van der Waals surface area (Å²) in [6.45, 7) is 4.64. The van der Waals surface area contributed by atoms with E-state index in [1.807, 2.05) is 0 Å². The lowest BCUT2D eigenvalue weighted by molar-refractivity contribution is -0.127. The van der Waals surface area contributed by atoms with Crippen molar-refractivity contribution >= 4 is 15.9 Å². The van der Waals surface area contributed by atoms with Gasteiger partial charge in [0, 0.05) is 32.2 Å². The molecule has 33 heavy (non-hydrogen) atoms. The van der Waals surface area contributed by atoms with Crippen LogP contribution >= 0.6 is 0 Å². The number of carbonyl (C=O) groups is 1. The van der Waals surface area contributed by atoms with Crippen molar-refractivity contribution in [2.75, 3.05) is 52.5 Å². The van der Waals surface area contributed by atoms with Gasteiger partial charge in [-0.3, -0.25) is 9.69 Å². The Labute approximate surface area is 197 Å². The van der Waals surface area contributed by atoms with Crippen LogP contribution in [0.4, 0.5) is 0 Å². The fraction of sp³-hybridized carbons (Fsp3) is 0.708. The lowest BCUT2D eigenvalue weighted by Crippen LogP contribution is -2.47. The van der Waals surface area contributed by atoms with Gasteiger partial charge >= 0.3 is 0 Å². The van der Waals surface area contributed by atoms with E-state index in [-0.39, 0.29) is 16.7 Å². The van der Waals surface area contributed by atoms with E-state index in [0.717, 1.165) is 45.3 Å². The molecule has 1 aliphatic carbocycles. The number of piperidine rings is 1. The molecule has 0 bridgehead atoms. The van der Waals surface area contributed by atoms with Crippen LogP contribution in [-0.2, 0) is 19.6 Å². The first-order valence-electron chi connectivity index (χ1n) is 12.4. The predicted octanol–water partition coefficient (Wildman–Crippen LogP) is 2.25. The molecule has 3 aliphatic rings. The van der Waals surface area contributed by atoms with Crippen molar-refractivity contribution in [3.05, 3.63) is 24.3 Å². The molecule has 9 heteroatoms. The number of benzene rings is 1. The number of ether oxygens (including phenoxy) is 2. The number of rotatable bonds is 8. The summed E-state index contributed by atoms with van der Waals surface area (Å²) in [7, 11) is -3.49. The van der Waals surface area contributed by atoms with Gasteiger partial charge in [-0.1, -0.05) is 19.3 Å². The SMILES string of the molecule is O=C(NC1CCCCC1)C1CCCN(CCOc2ccc(S(=O)(=O)N3CCOCC3)cc2)C1. The Morgan fingerprint density at radius 1 is 1.00 bits per heavy atom. The highest BCUT2D eigenvalue weighted by atomic mass is 32.2. The molecule has 3 fully saturated rings. The predicted molar refractivity (Wildman–Crippen MR) is 126 cm³/mol. The summed E-state index contributed by atoms with van der Waals surface area (Å²) in [6.07, 6.45) is 7.94. The van der Waals surface area contributed by atoms with E-state index >= 15 is 0 Å². The van der Waals surface area contributed by atoms with Gasteiger partial charge in [0.2, 0.25) is 15.9 Å². The molecule has 0 radical (unpaired) electrons. The van der Waals surface area contributed by atoms with E-state index in [4.69, 9.17) is 9.47 Å². The van der Waals surface area contributed by atoms with E-state index < -0.39 is 10.0 Å². The van der Waals surface area contributed by atoms with Gasteiger partial charge in [-0.2, -0.15) is 4.31 Å². The monoisotopic (exact) mass is 479 g/mol. The molecule has 8 nitrogen and oxygen atoms in total. The van der Waals surface area contributed by atoms with E-state index in [1.165, 1.54) is 23.6 Å². The highest BCUT2D eigenvalue weighted by molar-refractivity contribution is 7.89. The molecule has 1 amide bonds. The van der Waals surface area contributed by atoms with E-state index in [9.17, 15) is 13.2 Å². The maximum absolute atomic E-state index is 12.7. The number of amides is 1. The van der Waals surface area contributed by atoms with Crippen molar-refractivity contribution in [2.45, 2.75) is 55.9 Å². The van der Waals surface area contributed by atoms with Crippen LogP contribution in [0.5, 0.6) is 5.75 Å². The Bertz CT molecular complexity index is 865. The summed E-state index contributed by atoms with van der Waals surface area (Å²) in [5.74, 6) is 0.925. The highest BCUT2D eigenvalue weighted by Gasteiger charge is 2.28. The zero-order valence-electron chi connectivity index (χ0n) is 19.4. The van der Waals surface area contributed by atoms with Crippen LogP contribution in [0.2, 0.25) is 0 Å². The van der Waals surface area contributed by atoms with Gasteiger partial charge in [0.05, 0.1) is 24.0 Å². The molecule has 2 saturated heterocycles. The van der Waals surface area contributed by atoms with Crippen molar-refractivity contribution in [1.82, 2.24) is 14.5 Å². The number of nitrogens with one attached hydrogen (secondary N) is 1. The third-order valence-corrected chi connectivity index (χ3v) is 8.85. The first-order valence-corrected chi connectivity index (χ1v) is 13.8. The molecule has 1 saturated carbocycles. The van der Waals surface area contributed by atoms with Gasteiger partial charge in [0.1, 0.15) is 12.4 Å². The van der Waals surface area contributed by atoms with E-state index in [0.29, 0.717) is 44.7 Å². The maximum atomic E-state index is 12.7. The molecule has 4 rings (SSSR count). The molecule has 0 aromatic heterocycles. The molecule has 2 aliphatic heterocycles. The number of hydrogen-bond donors (Lipinski definition) is 1. The molecule has 0 spiro atoms. The summed E-state index contributed by atoms with van der Waals surface area (Å²) >= 11 is 0. The molecule has 1 unspecified atom stereocenters. The first-order chi connectivity index (χ1) is 16.0. The third kappa shape index (κ3) is 6.68. The largest absolute Gasteiger partial charge is 0.492 e. The number of likely N-dealkylation sites (tertiary alicyclic amines) is 1. The van der Waals surface area contributed by atoms with Crippen LogP contribution in [0.1, 0.15) is 44.9 Å². The quantitative estimate of drug-likeness (QED) is 0.615. The van der Waals surface area contributed by atoms with Crippen LogP contribution < -0.4 is 10.1 Å². The molecule has 1 atom stereocenters. The Kier molecular flexibility index (Phi) is 8.62. The summed E-state index contributed by atoms with van der Waals surface area (Å²) in [4.78, 5) is 15.3. The normalized spacial score (nSPS) is 23.8. The smallest absolute Gasteiger partial charge is 0.243 e. The zero-order chi connectivity index (χ0) is 23.1. The average Bonchev–Trinajstić information content (AvgIpc) is 2.86. The van der Waals surface area contributed by atoms with Gasteiger partial charge < -0.3 is 14.8 Å². The summed E-state index contributed by atoms with van der Waals surface area (Å²) in [5, 5.41) is 3.28. The molecule has 1 aromatic rings. The van der Waals surface area contributed by atoms with Gasteiger partial charge in [0.25, 0.3) is 0 Å². The van der Waals surface area contributed by atoms with Gasteiger partial charge in [-0.25, -0.2) is 8.42 Å². The summed E-state index contributed by atoms with van der Waals surface area (Å²) < 4.78 is 38.0. The molecule has 1 N–H and O–H groups in total. The zero-order valence-corrected chi connectivity index (χ0v) is 20.2. The molecule has 184 valence electrons. The standard InChI is InChI=1S/C24H37N3O5S/c28-24(25-21-6-2-1-3-7-21)20-5-4-12-26(19-20)13-18-32-22-8-10-23(11-9-22)33(29,30)27-14-16-31-17-15-27/h8-11,20-21H,1-7,12-19H2,(H,25,28). The second-order valence-corrected chi connectivity index (χ2v) is 11.3. The van der Waals surface area contributed by atoms with E-state index in [1.54, 1.807) is 24.3 Å². The average molecular weight is 480 g/mol. The van der Waals surface area contributed by atoms with Gasteiger partial charge in [-0.15, -0.1) is 0 Å². The maximum Gasteiger partial charge on any atom is 0.243 e. The highest BCUT2D eigenvalue weighted by Crippen LogP contribution is 2.22. The van der Waals surface area contributed by atoms with Crippen molar-refractivity contribution in [1.29, 1.82) is 0 Å². The Morgan fingerprint density at radius 3 is 2.45 bits per heavy atom. The van der Waals surface area contributed by atoms with Crippen molar-refractivity contribution in [2.24, 2.45) is 5.92 Å². The van der Waals surface area contributed by atoms with Crippen molar-refractivity contribution in [3.8, 4) is 5.75 Å². The van der Waals surface area contributed by atoms with Crippen molar-refractivity contribution in [3.63, 3.8) is 0 Å². The minimum atomic E-state index is -3.49. The topological polar surface area (TPSA) is 88.2 Å². The number of carbonyl (C=O) groups excluding carboxylic acids is 1. The number of hydrogen-bond acceptors (Lipinski definition) is 6. The summed E-state index contributed by atoms with van der Waals surface area (Å²) in [5.41, 5.74) is 0. The van der Waals surface area contributed by atoms with Gasteiger partial charge in [-0.05, 0) is 56.5 Å². The van der Waals surface area contributed by atoms with E-state index in [2.05, 4.69) is 10.2 Å². The Hall–Kier alpha value is -1.68. The summed E-state index contributed by atoms with van der Waals surface area (Å²) in [6, 6.07) is 6.99. The van der Waals surface area contributed by atoms with Gasteiger partial charge in [0.15, 0.2) is 0 Å². The number of sulfonamides is 1. The fourth-order valence-corrected chi connectivity index (χ4v) is 6.38. The minimum absolute atomic E-state index is 0.0605. The fourth-order valence-electron chi connectivity index (χ4n) is 4.98. The van der Waals surface area contributed by atoms with Crippen molar-refractivity contribution < 1.29 is 22.7 Å². The van der Waals surface area contributed by atoms with Crippen LogP contribution in [-0.4, -0.2) is 82.1 Å². The minimum Gasteiger partial charge on any atom is -0.492 e. The Balaban J connectivity index is 1.21. The molecule has 1 aromatic carbocycles. The van der Waals surface area contributed by atoms with Crippen LogP contribution in [0.15, 0.2) is 29.2 Å². The van der Waals surface area contributed by atoms with Crippen LogP contribution in [0.25, 0.3) is 0 Å². The van der Waals surface area contributed by atoms with Crippen LogP contribution in [0.3, 0.4) is 0 Å². The number of nitrogens with zero attached hydrogens (tertiary/aromatic N) is 2. The number of morpholine rings is 1. The lowest BCUT2D eigenvalue weighted by Gasteiger charge is -2.33.